The molecular weight excluding hydrogens is 334 g/mol. The van der Waals surface area contributed by atoms with Crippen LogP contribution in [-0.4, -0.2) is 17.6 Å². The highest BCUT2D eigenvalue weighted by Gasteiger charge is 2.16. The standard InChI is InChI=1S/C21H20ClNO2/c1-13(2)12-25-21(24)18-11-19(15-7-9-16(22)10-8-15)23-20-14(3)5-4-6-17(18)20/h4-11,13H,12H2,1-3H3. The smallest absolute Gasteiger partial charge is 0.338 e. The topological polar surface area (TPSA) is 39.2 Å². The Morgan fingerprint density at radius 3 is 2.56 bits per heavy atom. The van der Waals surface area contributed by atoms with E-state index in [4.69, 9.17) is 21.3 Å². The summed E-state index contributed by atoms with van der Waals surface area (Å²) < 4.78 is 5.46. The zero-order chi connectivity index (χ0) is 18.0. The number of fused-ring (bicyclic) bond motifs is 1. The van der Waals surface area contributed by atoms with E-state index in [-0.39, 0.29) is 11.9 Å². The van der Waals surface area contributed by atoms with Crippen molar-refractivity contribution in [3.05, 3.63) is 64.7 Å². The van der Waals surface area contributed by atoms with Crippen LogP contribution in [0.3, 0.4) is 0 Å². The van der Waals surface area contributed by atoms with Crippen molar-refractivity contribution in [2.75, 3.05) is 6.61 Å². The predicted molar refractivity (Wildman–Crippen MR) is 102 cm³/mol. The maximum Gasteiger partial charge on any atom is 0.338 e. The first-order valence-corrected chi connectivity index (χ1v) is 8.67. The van der Waals surface area contributed by atoms with Crippen LogP contribution in [0.5, 0.6) is 0 Å². The lowest BCUT2D eigenvalue weighted by atomic mass is 10.0. The van der Waals surface area contributed by atoms with Gasteiger partial charge in [-0.15, -0.1) is 0 Å². The molecule has 0 saturated carbocycles. The molecule has 0 unspecified atom stereocenters. The molecule has 0 N–H and O–H groups in total. The first kappa shape index (κ1) is 17.4. The average molecular weight is 354 g/mol. The van der Waals surface area contributed by atoms with E-state index in [2.05, 4.69) is 0 Å². The van der Waals surface area contributed by atoms with Gasteiger partial charge in [0.15, 0.2) is 0 Å². The van der Waals surface area contributed by atoms with E-state index in [1.54, 1.807) is 6.07 Å². The Kier molecular flexibility index (Phi) is 5.05. The number of esters is 1. The lowest BCUT2D eigenvalue weighted by Crippen LogP contribution is -2.11. The predicted octanol–water partition coefficient (Wildman–Crippen LogP) is 5.68. The summed E-state index contributed by atoms with van der Waals surface area (Å²) in [4.78, 5) is 17.4. The fourth-order valence-corrected chi connectivity index (χ4v) is 2.78. The lowest BCUT2D eigenvalue weighted by molar-refractivity contribution is 0.0461. The Hall–Kier alpha value is -2.39. The van der Waals surface area contributed by atoms with Gasteiger partial charge in [0.2, 0.25) is 0 Å². The molecule has 0 spiro atoms. The number of nitrogens with zero attached hydrogens (tertiary/aromatic N) is 1. The lowest BCUT2D eigenvalue weighted by Gasteiger charge is -2.12. The van der Waals surface area contributed by atoms with Gasteiger partial charge >= 0.3 is 5.97 Å². The number of halogens is 1. The number of aryl methyl sites for hydroxylation is 1. The normalized spacial score (nSPS) is 11.1. The van der Waals surface area contributed by atoms with Gasteiger partial charge in [0, 0.05) is 16.0 Å². The molecule has 2 aromatic carbocycles. The zero-order valence-electron chi connectivity index (χ0n) is 14.5. The van der Waals surface area contributed by atoms with Crippen LogP contribution in [0.2, 0.25) is 5.02 Å². The number of para-hydroxylation sites is 1. The SMILES string of the molecule is Cc1cccc2c(C(=O)OCC(C)C)cc(-c3ccc(Cl)cc3)nc12. The van der Waals surface area contributed by atoms with Gasteiger partial charge in [-0.25, -0.2) is 9.78 Å². The molecule has 1 heterocycles. The molecule has 1 aromatic heterocycles. The number of carbonyl (C=O) groups is 1. The molecule has 0 radical (unpaired) electrons. The molecule has 0 aliphatic heterocycles. The number of benzene rings is 2. The van der Waals surface area contributed by atoms with E-state index in [0.29, 0.717) is 17.2 Å². The second-order valence-electron chi connectivity index (χ2n) is 6.53. The molecule has 0 aliphatic rings. The van der Waals surface area contributed by atoms with Gasteiger partial charge in [0.25, 0.3) is 0 Å². The number of aromatic nitrogens is 1. The van der Waals surface area contributed by atoms with Crippen molar-refractivity contribution in [2.45, 2.75) is 20.8 Å². The maximum absolute atomic E-state index is 12.6. The molecule has 3 aromatic rings. The molecular formula is C21H20ClNO2. The minimum absolute atomic E-state index is 0.287. The van der Waals surface area contributed by atoms with Crippen LogP contribution in [0.1, 0.15) is 29.8 Å². The minimum atomic E-state index is -0.318. The molecule has 25 heavy (non-hydrogen) atoms. The third-order valence-corrected chi connectivity index (χ3v) is 4.20. The number of hydrogen-bond donors (Lipinski definition) is 0. The van der Waals surface area contributed by atoms with Crippen molar-refractivity contribution in [1.82, 2.24) is 4.98 Å². The third kappa shape index (κ3) is 3.83. The number of rotatable bonds is 4. The monoisotopic (exact) mass is 353 g/mol. The third-order valence-electron chi connectivity index (χ3n) is 3.95. The van der Waals surface area contributed by atoms with Crippen LogP contribution in [0.15, 0.2) is 48.5 Å². The summed E-state index contributed by atoms with van der Waals surface area (Å²) in [5.41, 5.74) is 4.01. The Balaban J connectivity index is 2.15. The van der Waals surface area contributed by atoms with E-state index < -0.39 is 0 Å². The summed E-state index contributed by atoms with van der Waals surface area (Å²) in [6.45, 7) is 6.41. The highest BCUT2D eigenvalue weighted by Crippen LogP contribution is 2.28. The first-order chi connectivity index (χ1) is 12.0. The molecule has 0 fully saturated rings. The Labute approximate surface area is 152 Å². The summed E-state index contributed by atoms with van der Waals surface area (Å²) in [7, 11) is 0. The fraction of sp³-hybridized carbons (Fsp3) is 0.238. The molecule has 0 saturated heterocycles. The van der Waals surface area contributed by atoms with E-state index in [0.717, 1.165) is 27.7 Å². The molecule has 3 nitrogen and oxygen atoms in total. The summed E-state index contributed by atoms with van der Waals surface area (Å²) in [5, 5.41) is 1.48. The Morgan fingerprint density at radius 2 is 1.88 bits per heavy atom. The molecule has 4 heteroatoms. The van der Waals surface area contributed by atoms with E-state index >= 15 is 0 Å². The summed E-state index contributed by atoms with van der Waals surface area (Å²) in [6, 6.07) is 15.1. The number of ether oxygens (including phenoxy) is 1. The van der Waals surface area contributed by atoms with Crippen molar-refractivity contribution in [1.29, 1.82) is 0 Å². The Morgan fingerprint density at radius 1 is 1.16 bits per heavy atom. The molecule has 0 aliphatic carbocycles. The van der Waals surface area contributed by atoms with Crippen LogP contribution in [0.4, 0.5) is 0 Å². The first-order valence-electron chi connectivity index (χ1n) is 8.29. The van der Waals surface area contributed by atoms with Gasteiger partial charge in [-0.1, -0.05) is 55.8 Å². The van der Waals surface area contributed by atoms with E-state index in [1.807, 2.05) is 63.2 Å². The van der Waals surface area contributed by atoms with Crippen molar-refractivity contribution in [3.8, 4) is 11.3 Å². The number of carbonyl (C=O) groups excluding carboxylic acids is 1. The van der Waals surface area contributed by atoms with Crippen LogP contribution in [0.25, 0.3) is 22.2 Å². The largest absolute Gasteiger partial charge is 0.462 e. The van der Waals surface area contributed by atoms with E-state index in [1.165, 1.54) is 0 Å². The van der Waals surface area contributed by atoms with Crippen molar-refractivity contribution in [2.24, 2.45) is 5.92 Å². The van der Waals surface area contributed by atoms with Crippen molar-refractivity contribution < 1.29 is 9.53 Å². The summed E-state index contributed by atoms with van der Waals surface area (Å²) in [6.07, 6.45) is 0. The van der Waals surface area contributed by atoms with Gasteiger partial charge in [-0.2, -0.15) is 0 Å². The van der Waals surface area contributed by atoms with E-state index in [9.17, 15) is 4.79 Å². The van der Waals surface area contributed by atoms with Crippen LogP contribution in [-0.2, 0) is 4.74 Å². The number of pyridine rings is 1. The van der Waals surface area contributed by atoms with Gasteiger partial charge in [0.1, 0.15) is 0 Å². The number of hydrogen-bond acceptors (Lipinski definition) is 3. The minimum Gasteiger partial charge on any atom is -0.462 e. The molecule has 0 bridgehead atoms. The summed E-state index contributed by atoms with van der Waals surface area (Å²) >= 11 is 5.98. The van der Waals surface area contributed by atoms with Crippen LogP contribution >= 0.6 is 11.6 Å². The van der Waals surface area contributed by atoms with Crippen LogP contribution < -0.4 is 0 Å². The quantitative estimate of drug-likeness (QED) is 0.567. The molecule has 0 amide bonds. The van der Waals surface area contributed by atoms with Crippen LogP contribution in [0, 0.1) is 12.8 Å². The molecule has 0 atom stereocenters. The Bertz CT molecular complexity index is 917. The molecule has 128 valence electrons. The average Bonchev–Trinajstić information content (AvgIpc) is 2.60. The van der Waals surface area contributed by atoms with Gasteiger partial charge in [-0.3, -0.25) is 0 Å². The van der Waals surface area contributed by atoms with Gasteiger partial charge < -0.3 is 4.74 Å². The second-order valence-corrected chi connectivity index (χ2v) is 6.96. The van der Waals surface area contributed by atoms with Crippen molar-refractivity contribution in [3.63, 3.8) is 0 Å². The highest BCUT2D eigenvalue weighted by atomic mass is 35.5. The van der Waals surface area contributed by atoms with Crippen molar-refractivity contribution >= 4 is 28.5 Å². The maximum atomic E-state index is 12.6. The second kappa shape index (κ2) is 7.24. The highest BCUT2D eigenvalue weighted by molar-refractivity contribution is 6.30. The molecule has 3 rings (SSSR count). The van der Waals surface area contributed by atoms with Gasteiger partial charge in [-0.05, 0) is 36.6 Å². The summed E-state index contributed by atoms with van der Waals surface area (Å²) in [5.74, 6) is -0.0311. The fourth-order valence-electron chi connectivity index (χ4n) is 2.65. The van der Waals surface area contributed by atoms with Gasteiger partial charge in [0.05, 0.1) is 23.4 Å². The zero-order valence-corrected chi connectivity index (χ0v) is 15.3.